The number of rotatable bonds is 4. The molecule has 3 aromatic carbocycles. The Kier molecular flexibility index (Phi) is 7.64. The minimum atomic E-state index is -4.98. The van der Waals surface area contributed by atoms with Gasteiger partial charge in [0.2, 0.25) is 0 Å². The van der Waals surface area contributed by atoms with Crippen LogP contribution in [0.1, 0.15) is 12.5 Å². The number of para-hydroxylation sites is 1. The van der Waals surface area contributed by atoms with Crippen molar-refractivity contribution in [2.24, 2.45) is 0 Å². The first kappa shape index (κ1) is 23.9. The summed E-state index contributed by atoms with van der Waals surface area (Å²) in [6, 6.07) is 22.4. The summed E-state index contributed by atoms with van der Waals surface area (Å²) in [6.07, 6.45) is 2.15. The van der Waals surface area contributed by atoms with E-state index in [-0.39, 0.29) is 15.8 Å². The second-order valence-corrected chi connectivity index (χ2v) is 11.3. The van der Waals surface area contributed by atoms with Gasteiger partial charge < -0.3 is 4.57 Å². The molecule has 7 nitrogen and oxygen atoms in total. The number of nitrogens with one attached hydrogen (secondary N) is 1. The molecule has 0 aliphatic rings. The van der Waals surface area contributed by atoms with Gasteiger partial charge in [0, 0.05) is 22.7 Å². The van der Waals surface area contributed by atoms with Gasteiger partial charge in [-0.3, -0.25) is 0 Å². The van der Waals surface area contributed by atoms with Crippen molar-refractivity contribution < 1.29 is 21.8 Å². The maximum atomic E-state index is 10.9. The van der Waals surface area contributed by atoms with E-state index >= 15 is 0 Å². The predicted octanol–water partition coefficient (Wildman–Crippen LogP) is 3.36. The Morgan fingerprint density at radius 2 is 1.72 bits per heavy atom. The normalized spacial score (nSPS) is 11.0. The second kappa shape index (κ2) is 10.2. The Hall–Kier alpha value is -2.77. The third kappa shape index (κ3) is 6.37. The number of hydrogen-bond acceptors (Lipinski definition) is 3. The molecule has 0 saturated carbocycles. The third-order valence-corrected chi connectivity index (χ3v) is 7.10. The summed E-state index contributed by atoms with van der Waals surface area (Å²) in [7, 11) is 0. The van der Waals surface area contributed by atoms with E-state index in [1.807, 2.05) is 0 Å². The molecule has 166 valence electrons. The molecule has 0 bridgehead atoms. The Morgan fingerprint density at radius 1 is 1.03 bits per heavy atom. The monoisotopic (exact) mass is 560 g/mol. The summed E-state index contributed by atoms with van der Waals surface area (Å²) < 4.78 is 32.0. The molecule has 0 fully saturated rings. The van der Waals surface area contributed by atoms with E-state index in [0.717, 1.165) is 29.2 Å². The van der Waals surface area contributed by atoms with Crippen molar-refractivity contribution in [3.8, 4) is 5.75 Å². The number of amides is 1. The number of benzene rings is 3. The van der Waals surface area contributed by atoms with Gasteiger partial charge in [0.05, 0.1) is 0 Å². The first-order valence-corrected chi connectivity index (χ1v) is 13.8. The van der Waals surface area contributed by atoms with Gasteiger partial charge in [-0.1, -0.05) is 46.3 Å². The molecule has 0 radical (unpaired) electrons. The Morgan fingerprint density at radius 3 is 2.38 bits per heavy atom. The average Bonchev–Trinajstić information content (AvgIpc) is 3.14. The zero-order valence-corrected chi connectivity index (χ0v) is 20.6. The van der Waals surface area contributed by atoms with Crippen LogP contribution in [0.5, 0.6) is 5.75 Å². The van der Waals surface area contributed by atoms with Crippen LogP contribution in [-0.4, -0.2) is 37.9 Å². The number of aromatic nitrogens is 1. The number of phenolic OH excluding ortho intramolecular Hbond substituents is 1. The second-order valence-electron chi connectivity index (χ2n) is 7.06. The molecule has 0 aliphatic carbocycles. The molecule has 4 rings (SSSR count). The molecule has 0 atom stereocenters. The van der Waals surface area contributed by atoms with Crippen LogP contribution in [0.25, 0.3) is 10.9 Å². The molecule has 0 spiro atoms. The zero-order chi connectivity index (χ0) is 23.3. The maximum absolute atomic E-state index is 10.9. The molecular weight excluding hydrogens is 539 g/mol. The van der Waals surface area contributed by atoms with Gasteiger partial charge in [0.25, 0.3) is 0 Å². The van der Waals surface area contributed by atoms with Gasteiger partial charge in [0.1, 0.15) is 0 Å². The summed E-state index contributed by atoms with van der Waals surface area (Å²) in [6.45, 7) is 2.15. The van der Waals surface area contributed by atoms with E-state index in [0.29, 0.717) is 0 Å². The van der Waals surface area contributed by atoms with Crippen molar-refractivity contribution in [2.75, 3.05) is 5.32 Å². The Bertz CT molecular complexity index is 1280. The van der Waals surface area contributed by atoms with Crippen molar-refractivity contribution in [3.63, 3.8) is 0 Å². The van der Waals surface area contributed by atoms with Crippen molar-refractivity contribution in [1.82, 2.24) is 4.57 Å². The fourth-order valence-electron chi connectivity index (χ4n) is 3.06. The topological polar surface area (TPSA) is 112 Å². The van der Waals surface area contributed by atoms with Crippen molar-refractivity contribution in [1.29, 1.82) is 0 Å². The molecule has 32 heavy (non-hydrogen) atoms. The Balaban J connectivity index is 0.000000183. The number of phenols is 1. The molecule has 0 unspecified atom stereocenters. The number of fused-ring (bicyclic) bond motifs is 1. The molecule has 1 heterocycles. The molecule has 1 aromatic heterocycles. The summed E-state index contributed by atoms with van der Waals surface area (Å²) in [4.78, 5) is 10.7. The molecule has 0 aliphatic heterocycles. The van der Waals surface area contributed by atoms with E-state index in [9.17, 15) is 13.6 Å². The van der Waals surface area contributed by atoms with Crippen LogP contribution in [0.15, 0.2) is 83.5 Å². The molecule has 0 saturated heterocycles. The Labute approximate surface area is 196 Å². The number of hydrogen-bond donors (Lipinski definition) is 4. The number of nitrogens with zero attached hydrogens (tertiary/aromatic N) is 1. The van der Waals surface area contributed by atoms with Crippen LogP contribution in [-0.2, 0) is 15.1 Å². The van der Waals surface area contributed by atoms with E-state index in [2.05, 4.69) is 86.6 Å². The van der Waals surface area contributed by atoms with Gasteiger partial charge in [-0.25, -0.2) is 0 Å². The van der Waals surface area contributed by atoms with E-state index < -0.39 is 20.1 Å². The van der Waals surface area contributed by atoms with Gasteiger partial charge in [0.15, 0.2) is 0 Å². The molecule has 4 aromatic rings. The van der Waals surface area contributed by atoms with E-state index in [1.54, 1.807) is 0 Å². The van der Waals surface area contributed by atoms with Crippen LogP contribution in [0.3, 0.4) is 0 Å². The third-order valence-electron chi connectivity index (χ3n) is 4.57. The first-order chi connectivity index (χ1) is 15.1. The summed E-state index contributed by atoms with van der Waals surface area (Å²) in [5, 5.41) is 12.8. The van der Waals surface area contributed by atoms with E-state index in [1.165, 1.54) is 23.4 Å². The van der Waals surface area contributed by atoms with Crippen molar-refractivity contribution in [2.45, 2.75) is 13.5 Å². The minimum absolute atomic E-state index is 0.00951. The fraction of sp³-hybridized carbons (Fsp3) is 0.0870. The summed E-state index contributed by atoms with van der Waals surface area (Å²) in [5.74, 6) is -0.668. The number of halogens is 1. The van der Waals surface area contributed by atoms with Crippen LogP contribution in [0, 0.1) is 0 Å². The number of anilines is 1. The van der Waals surface area contributed by atoms with Gasteiger partial charge in [-0.2, -0.15) is 0 Å². The SMILES string of the molecule is Brc1ccc(Cn2ccc3ccccc32)cc1.CC(=O)Nc1cc([As](=O)(O)O)ccc1O. The van der Waals surface area contributed by atoms with E-state index in [4.69, 9.17) is 8.19 Å². The first-order valence-electron chi connectivity index (χ1n) is 9.58. The molecular formula is C23H22AsBrN2O5. The van der Waals surface area contributed by atoms with Crippen LogP contribution in [0.4, 0.5) is 5.69 Å². The van der Waals surface area contributed by atoms with Crippen LogP contribution in [0.2, 0.25) is 0 Å². The van der Waals surface area contributed by atoms with Crippen molar-refractivity contribution in [3.05, 3.63) is 89.0 Å². The van der Waals surface area contributed by atoms with Crippen LogP contribution < -0.4 is 9.67 Å². The van der Waals surface area contributed by atoms with Crippen molar-refractivity contribution >= 4 is 57.0 Å². The quantitative estimate of drug-likeness (QED) is 0.226. The number of aromatic hydroxyl groups is 1. The predicted molar refractivity (Wildman–Crippen MR) is 128 cm³/mol. The molecule has 4 N–H and O–H groups in total. The molecule has 1 amide bonds. The van der Waals surface area contributed by atoms with Gasteiger partial charge >= 0.3 is 88.1 Å². The summed E-state index contributed by atoms with van der Waals surface area (Å²) in [5.41, 5.74) is 2.59. The molecule has 9 heteroatoms. The standard InChI is InChI=1S/C15H12BrN.C8H10AsNO5/c16-14-7-5-12(6-8-14)11-17-10-9-13-3-1-2-4-15(13)17;1-5(11)10-7-4-6(9(13,14)15)2-3-8(7)12/h1-10H,11H2;2-4,12H,1H3,(H,10,11)(H2,13,14,15). The van der Waals surface area contributed by atoms with Gasteiger partial charge in [-0.05, 0) is 35.2 Å². The van der Waals surface area contributed by atoms with Gasteiger partial charge in [-0.15, -0.1) is 0 Å². The number of carbonyl (C=O) groups excluding carboxylic acids is 1. The fourth-order valence-corrected chi connectivity index (χ4v) is 4.51. The van der Waals surface area contributed by atoms with Crippen LogP contribution >= 0.6 is 15.9 Å². The number of carbonyl (C=O) groups is 1. The average molecular weight is 561 g/mol. The zero-order valence-electron chi connectivity index (χ0n) is 17.1. The summed E-state index contributed by atoms with van der Waals surface area (Å²) >= 11 is -1.53.